The van der Waals surface area contributed by atoms with Crippen molar-refractivity contribution in [1.29, 1.82) is 5.41 Å². The molecule has 0 aliphatic carbocycles. The number of rotatable bonds is 4. The smallest absolute Gasteiger partial charge is 0.158 e. The van der Waals surface area contributed by atoms with Crippen molar-refractivity contribution in [1.82, 2.24) is 0 Å². The van der Waals surface area contributed by atoms with Gasteiger partial charge in [-0.15, -0.1) is 0 Å². The van der Waals surface area contributed by atoms with Gasteiger partial charge >= 0.3 is 0 Å². The molecule has 3 heteroatoms. The molecule has 11 heavy (non-hydrogen) atoms. The number of hydrogen-bond donors (Lipinski definition) is 1. The molecule has 0 fully saturated rings. The standard InChI is InChI=1S/C8H12N2O/c1-6(2)10-11-8(4)7(3)5-9/h5,9H,3-4H2,1-2H3. The van der Waals surface area contributed by atoms with Gasteiger partial charge in [-0.05, 0) is 13.8 Å². The average Bonchev–Trinajstić information content (AvgIpc) is 1.98. The van der Waals surface area contributed by atoms with Gasteiger partial charge in [0.1, 0.15) is 0 Å². The van der Waals surface area contributed by atoms with E-state index in [1.165, 1.54) is 0 Å². The van der Waals surface area contributed by atoms with E-state index in [9.17, 15) is 0 Å². The van der Waals surface area contributed by atoms with Crippen LogP contribution in [-0.2, 0) is 4.84 Å². The molecule has 0 atom stereocenters. The van der Waals surface area contributed by atoms with Crippen LogP contribution in [0, 0.1) is 5.41 Å². The number of nitrogens with zero attached hydrogens (tertiary/aromatic N) is 1. The summed E-state index contributed by atoms with van der Waals surface area (Å²) in [4.78, 5) is 4.80. The molecular formula is C8H12N2O. The van der Waals surface area contributed by atoms with Crippen LogP contribution in [0.3, 0.4) is 0 Å². The molecule has 0 radical (unpaired) electrons. The van der Waals surface area contributed by atoms with Crippen LogP contribution >= 0.6 is 0 Å². The highest BCUT2D eigenvalue weighted by Crippen LogP contribution is 2.03. The Bertz CT molecular complexity index is 212. The van der Waals surface area contributed by atoms with Crippen LogP contribution < -0.4 is 0 Å². The maximum absolute atomic E-state index is 6.81. The Labute approximate surface area is 66.6 Å². The third kappa shape index (κ3) is 4.08. The molecule has 3 nitrogen and oxygen atoms in total. The monoisotopic (exact) mass is 152 g/mol. The minimum Gasteiger partial charge on any atom is -0.357 e. The van der Waals surface area contributed by atoms with Gasteiger partial charge in [0.15, 0.2) is 5.76 Å². The predicted molar refractivity (Wildman–Crippen MR) is 46.9 cm³/mol. The van der Waals surface area contributed by atoms with Crippen LogP contribution in [0.2, 0.25) is 0 Å². The van der Waals surface area contributed by atoms with E-state index in [2.05, 4.69) is 18.3 Å². The normalized spacial score (nSPS) is 8.18. The summed E-state index contributed by atoms with van der Waals surface area (Å²) >= 11 is 0. The highest BCUT2D eigenvalue weighted by atomic mass is 16.6. The fraction of sp³-hybridized carbons (Fsp3) is 0.250. The van der Waals surface area contributed by atoms with Crippen molar-refractivity contribution in [3.05, 3.63) is 24.5 Å². The number of allylic oxidation sites excluding steroid dienone is 1. The Morgan fingerprint density at radius 3 is 2.36 bits per heavy atom. The van der Waals surface area contributed by atoms with E-state index < -0.39 is 0 Å². The first-order valence-electron chi connectivity index (χ1n) is 3.14. The highest BCUT2D eigenvalue weighted by molar-refractivity contribution is 5.80. The molecule has 0 heterocycles. The third-order valence-electron chi connectivity index (χ3n) is 0.871. The summed E-state index contributed by atoms with van der Waals surface area (Å²) in [7, 11) is 0. The zero-order chi connectivity index (χ0) is 8.85. The molecule has 60 valence electrons. The number of oxime groups is 1. The molecule has 0 saturated carbocycles. The minimum absolute atomic E-state index is 0.307. The lowest BCUT2D eigenvalue weighted by Gasteiger charge is -2.00. The summed E-state index contributed by atoms with van der Waals surface area (Å²) in [5.41, 5.74) is 1.22. The maximum Gasteiger partial charge on any atom is 0.158 e. The molecule has 0 unspecified atom stereocenters. The van der Waals surface area contributed by atoms with Crippen molar-refractivity contribution < 1.29 is 4.84 Å². The number of hydrogen-bond acceptors (Lipinski definition) is 3. The molecule has 0 spiro atoms. The van der Waals surface area contributed by atoms with Gasteiger partial charge in [0, 0.05) is 11.8 Å². The summed E-state index contributed by atoms with van der Waals surface area (Å²) in [5.74, 6) is 0.307. The van der Waals surface area contributed by atoms with Crippen molar-refractivity contribution in [2.75, 3.05) is 0 Å². The second-order valence-electron chi connectivity index (χ2n) is 2.22. The quantitative estimate of drug-likeness (QED) is 0.285. The molecule has 0 aromatic heterocycles. The molecule has 1 N–H and O–H groups in total. The Morgan fingerprint density at radius 1 is 1.45 bits per heavy atom. The van der Waals surface area contributed by atoms with Crippen LogP contribution in [0.5, 0.6) is 0 Å². The second kappa shape index (κ2) is 4.44. The van der Waals surface area contributed by atoms with E-state index in [1.807, 2.05) is 0 Å². The summed E-state index contributed by atoms with van der Waals surface area (Å²) < 4.78 is 0. The van der Waals surface area contributed by atoms with Gasteiger partial charge in [-0.25, -0.2) is 0 Å². The van der Waals surface area contributed by atoms with Gasteiger partial charge in [-0.1, -0.05) is 18.3 Å². The highest BCUT2D eigenvalue weighted by Gasteiger charge is 1.95. The summed E-state index contributed by atoms with van der Waals surface area (Å²) in [6, 6.07) is 0. The van der Waals surface area contributed by atoms with Crippen LogP contribution in [0.25, 0.3) is 0 Å². The van der Waals surface area contributed by atoms with Gasteiger partial charge < -0.3 is 10.2 Å². The van der Waals surface area contributed by atoms with Gasteiger partial charge in [-0.2, -0.15) is 0 Å². The molecule has 0 aliphatic heterocycles. The minimum atomic E-state index is 0.307. The topological polar surface area (TPSA) is 45.4 Å². The van der Waals surface area contributed by atoms with E-state index >= 15 is 0 Å². The van der Waals surface area contributed by atoms with Crippen molar-refractivity contribution in [3.63, 3.8) is 0 Å². The van der Waals surface area contributed by atoms with Crippen LogP contribution in [-0.4, -0.2) is 11.9 Å². The third-order valence-corrected chi connectivity index (χ3v) is 0.871. The molecular weight excluding hydrogens is 140 g/mol. The van der Waals surface area contributed by atoms with Gasteiger partial charge in [0.25, 0.3) is 0 Å². The van der Waals surface area contributed by atoms with Crippen molar-refractivity contribution in [2.45, 2.75) is 13.8 Å². The SMILES string of the molecule is C=C(C=N)C(=C)ON=C(C)C. The lowest BCUT2D eigenvalue weighted by Crippen LogP contribution is -1.91. The molecule has 0 aromatic carbocycles. The molecule has 0 bridgehead atoms. The summed E-state index contributed by atoms with van der Waals surface area (Å²) in [6.07, 6.45) is 1.07. The van der Waals surface area contributed by atoms with E-state index in [4.69, 9.17) is 10.2 Å². The van der Waals surface area contributed by atoms with Crippen LogP contribution in [0.15, 0.2) is 29.6 Å². The van der Waals surface area contributed by atoms with Crippen LogP contribution in [0.1, 0.15) is 13.8 Å². The lowest BCUT2D eigenvalue weighted by atomic mass is 10.3. The van der Waals surface area contributed by atoms with Gasteiger partial charge in [-0.3, -0.25) is 0 Å². The van der Waals surface area contributed by atoms with E-state index in [1.54, 1.807) is 13.8 Å². The first-order valence-corrected chi connectivity index (χ1v) is 3.14. The van der Waals surface area contributed by atoms with E-state index in [0.29, 0.717) is 11.3 Å². The number of nitrogens with one attached hydrogen (secondary N) is 1. The van der Waals surface area contributed by atoms with E-state index in [0.717, 1.165) is 11.9 Å². The van der Waals surface area contributed by atoms with Crippen molar-refractivity contribution >= 4 is 11.9 Å². The van der Waals surface area contributed by atoms with Crippen LogP contribution in [0.4, 0.5) is 0 Å². The summed E-state index contributed by atoms with van der Waals surface area (Å²) in [5, 5.41) is 10.5. The Kier molecular flexibility index (Phi) is 3.88. The molecule has 0 rings (SSSR count). The summed E-state index contributed by atoms with van der Waals surface area (Å²) in [6.45, 7) is 10.6. The maximum atomic E-state index is 6.81. The predicted octanol–water partition coefficient (Wildman–Crippen LogP) is 2.12. The fourth-order valence-electron chi connectivity index (χ4n) is 0.286. The molecule has 0 amide bonds. The van der Waals surface area contributed by atoms with Crippen molar-refractivity contribution in [2.24, 2.45) is 5.16 Å². The zero-order valence-electron chi connectivity index (χ0n) is 6.85. The van der Waals surface area contributed by atoms with Gasteiger partial charge in [0.2, 0.25) is 0 Å². The molecule has 0 saturated heterocycles. The largest absolute Gasteiger partial charge is 0.357 e. The average molecular weight is 152 g/mol. The Hall–Kier alpha value is -1.38. The van der Waals surface area contributed by atoms with Crippen molar-refractivity contribution in [3.8, 4) is 0 Å². The molecule has 0 aromatic rings. The fourth-order valence-corrected chi connectivity index (χ4v) is 0.286. The zero-order valence-corrected chi connectivity index (χ0v) is 6.85. The van der Waals surface area contributed by atoms with Gasteiger partial charge in [0.05, 0.1) is 5.71 Å². The Balaban J connectivity index is 3.99. The first kappa shape index (κ1) is 9.62. The Morgan fingerprint density at radius 2 is 2.00 bits per heavy atom. The molecule has 0 aliphatic rings. The van der Waals surface area contributed by atoms with E-state index in [-0.39, 0.29) is 0 Å². The second-order valence-corrected chi connectivity index (χ2v) is 2.22. The first-order chi connectivity index (χ1) is 5.07. The lowest BCUT2D eigenvalue weighted by molar-refractivity contribution is 0.240.